The summed E-state index contributed by atoms with van der Waals surface area (Å²) in [6.07, 6.45) is 0. The molecular formula is C22H19N3O4S2. The largest absolute Gasteiger partial charge is 0.325 e. The van der Waals surface area contributed by atoms with E-state index in [4.69, 9.17) is 0 Å². The van der Waals surface area contributed by atoms with Crippen LogP contribution in [0, 0.1) is 6.92 Å². The molecule has 0 saturated heterocycles. The van der Waals surface area contributed by atoms with E-state index in [2.05, 4.69) is 10.0 Å². The van der Waals surface area contributed by atoms with Crippen LogP contribution >= 0.6 is 11.3 Å². The molecule has 0 spiro atoms. The maximum atomic E-state index is 12.6. The van der Waals surface area contributed by atoms with E-state index in [0.29, 0.717) is 16.9 Å². The van der Waals surface area contributed by atoms with Crippen molar-refractivity contribution < 1.29 is 13.2 Å². The van der Waals surface area contributed by atoms with Crippen molar-refractivity contribution in [3.8, 4) is 0 Å². The molecule has 0 unspecified atom stereocenters. The van der Waals surface area contributed by atoms with Crippen molar-refractivity contribution >= 4 is 48.9 Å². The average molecular weight is 454 g/mol. The van der Waals surface area contributed by atoms with Crippen molar-refractivity contribution in [1.82, 2.24) is 4.57 Å². The van der Waals surface area contributed by atoms with Gasteiger partial charge in [0.25, 0.3) is 10.0 Å². The highest BCUT2D eigenvalue weighted by Crippen LogP contribution is 2.19. The molecule has 0 bridgehead atoms. The summed E-state index contributed by atoms with van der Waals surface area (Å²) >= 11 is 1.09. The Balaban J connectivity index is 1.45. The summed E-state index contributed by atoms with van der Waals surface area (Å²) < 4.78 is 29.9. The minimum absolute atomic E-state index is 0.0751. The topological polar surface area (TPSA) is 97.3 Å². The van der Waals surface area contributed by atoms with Crippen molar-refractivity contribution in [2.75, 3.05) is 10.0 Å². The number of benzene rings is 3. The molecule has 4 aromatic rings. The van der Waals surface area contributed by atoms with Crippen LogP contribution in [-0.4, -0.2) is 18.9 Å². The molecule has 0 fully saturated rings. The second-order valence-electron chi connectivity index (χ2n) is 6.97. The normalized spacial score (nSPS) is 11.4. The molecule has 1 aromatic heterocycles. The Bertz CT molecular complexity index is 1400. The average Bonchev–Trinajstić information content (AvgIpc) is 3.05. The molecule has 158 valence electrons. The molecule has 0 saturated carbocycles. The van der Waals surface area contributed by atoms with E-state index in [0.717, 1.165) is 21.6 Å². The first kappa shape index (κ1) is 20.8. The number of hydrogen-bond acceptors (Lipinski definition) is 5. The van der Waals surface area contributed by atoms with Crippen molar-refractivity contribution in [2.45, 2.75) is 18.4 Å². The molecule has 7 nitrogen and oxygen atoms in total. The highest BCUT2D eigenvalue weighted by molar-refractivity contribution is 7.92. The molecular weight excluding hydrogens is 434 g/mol. The summed E-state index contributed by atoms with van der Waals surface area (Å²) in [6.45, 7) is 1.79. The second kappa shape index (κ2) is 8.37. The number of nitrogens with zero attached hydrogens (tertiary/aromatic N) is 1. The predicted molar refractivity (Wildman–Crippen MR) is 123 cm³/mol. The van der Waals surface area contributed by atoms with Crippen LogP contribution in [0.25, 0.3) is 10.2 Å². The number of para-hydroxylation sites is 1. The number of aromatic nitrogens is 1. The number of hydrogen-bond donors (Lipinski definition) is 2. The van der Waals surface area contributed by atoms with Gasteiger partial charge in [-0.25, -0.2) is 8.42 Å². The fourth-order valence-corrected chi connectivity index (χ4v) is 5.01. The Morgan fingerprint density at radius 3 is 2.29 bits per heavy atom. The number of rotatable bonds is 6. The Morgan fingerprint density at radius 1 is 0.935 bits per heavy atom. The van der Waals surface area contributed by atoms with Crippen LogP contribution in [0.5, 0.6) is 0 Å². The lowest BCUT2D eigenvalue weighted by molar-refractivity contribution is -0.116. The summed E-state index contributed by atoms with van der Waals surface area (Å²) in [4.78, 5) is 24.5. The molecule has 1 heterocycles. The molecule has 0 aliphatic rings. The Morgan fingerprint density at radius 2 is 1.58 bits per heavy atom. The molecule has 9 heteroatoms. The number of nitrogens with one attached hydrogen (secondary N) is 2. The first-order chi connectivity index (χ1) is 14.8. The van der Waals surface area contributed by atoms with Gasteiger partial charge in [0.2, 0.25) is 5.91 Å². The maximum absolute atomic E-state index is 12.6. The molecule has 3 aromatic carbocycles. The van der Waals surface area contributed by atoms with E-state index in [-0.39, 0.29) is 22.2 Å². The lowest BCUT2D eigenvalue weighted by Crippen LogP contribution is -2.24. The van der Waals surface area contributed by atoms with E-state index >= 15 is 0 Å². The molecule has 2 N–H and O–H groups in total. The standard InChI is InChI=1S/C22H19N3O4S2/c1-15-6-8-17(9-7-15)24-31(28,29)18-12-10-16(11-13-18)23-21(26)14-25-19-4-2-3-5-20(19)30-22(25)27/h2-13,24H,14H2,1H3,(H,23,26). The van der Waals surface area contributed by atoms with Crippen LogP contribution < -0.4 is 14.9 Å². The zero-order valence-electron chi connectivity index (χ0n) is 16.5. The van der Waals surface area contributed by atoms with Gasteiger partial charge in [-0.15, -0.1) is 0 Å². The van der Waals surface area contributed by atoms with E-state index in [1.807, 2.05) is 37.3 Å². The van der Waals surface area contributed by atoms with Gasteiger partial charge in [0.05, 0.1) is 15.1 Å². The smallest absolute Gasteiger partial charge is 0.308 e. The summed E-state index contributed by atoms with van der Waals surface area (Å²) in [7, 11) is -3.75. The Kier molecular flexibility index (Phi) is 5.62. The minimum atomic E-state index is -3.75. The molecule has 0 aliphatic heterocycles. The molecule has 0 atom stereocenters. The van der Waals surface area contributed by atoms with Gasteiger partial charge in [-0.3, -0.25) is 18.9 Å². The number of carbonyl (C=O) groups is 1. The lowest BCUT2D eigenvalue weighted by atomic mass is 10.2. The number of thiazole rings is 1. The fraction of sp³-hybridized carbons (Fsp3) is 0.0909. The third-order valence-electron chi connectivity index (χ3n) is 4.63. The molecule has 0 radical (unpaired) electrons. The van der Waals surface area contributed by atoms with Gasteiger partial charge >= 0.3 is 4.87 Å². The Labute approximate surface area is 183 Å². The first-order valence-electron chi connectivity index (χ1n) is 9.40. The van der Waals surface area contributed by atoms with Crippen molar-refractivity contribution in [1.29, 1.82) is 0 Å². The Hall–Kier alpha value is -3.43. The minimum Gasteiger partial charge on any atom is -0.325 e. The molecule has 4 rings (SSSR count). The SMILES string of the molecule is Cc1ccc(NS(=O)(=O)c2ccc(NC(=O)Cn3c(=O)sc4ccccc43)cc2)cc1. The quantitative estimate of drug-likeness (QED) is 0.464. The maximum Gasteiger partial charge on any atom is 0.308 e. The van der Waals surface area contributed by atoms with E-state index in [1.165, 1.54) is 28.8 Å². The number of amides is 1. The highest BCUT2D eigenvalue weighted by Gasteiger charge is 2.15. The van der Waals surface area contributed by atoms with E-state index in [9.17, 15) is 18.0 Å². The lowest BCUT2D eigenvalue weighted by Gasteiger charge is -2.10. The number of sulfonamides is 1. The van der Waals surface area contributed by atoms with Gasteiger partial charge in [-0.2, -0.15) is 0 Å². The zero-order valence-corrected chi connectivity index (χ0v) is 18.2. The van der Waals surface area contributed by atoms with Crippen molar-refractivity contribution in [3.63, 3.8) is 0 Å². The molecule has 31 heavy (non-hydrogen) atoms. The number of fused-ring (bicyclic) bond motifs is 1. The van der Waals surface area contributed by atoms with Gasteiger partial charge in [0.15, 0.2) is 0 Å². The third-order valence-corrected chi connectivity index (χ3v) is 6.98. The number of carbonyl (C=O) groups excluding carboxylic acids is 1. The summed E-state index contributed by atoms with van der Waals surface area (Å²) in [5.74, 6) is -0.376. The van der Waals surface area contributed by atoms with Crippen molar-refractivity contribution in [2.24, 2.45) is 0 Å². The van der Waals surface area contributed by atoms with Crippen LogP contribution in [0.4, 0.5) is 11.4 Å². The van der Waals surface area contributed by atoms with Crippen LogP contribution in [0.2, 0.25) is 0 Å². The van der Waals surface area contributed by atoms with Crippen LogP contribution in [0.1, 0.15) is 5.56 Å². The number of anilines is 2. The summed E-state index contributed by atoms with van der Waals surface area (Å²) in [5, 5.41) is 2.70. The van der Waals surface area contributed by atoms with Gasteiger partial charge < -0.3 is 5.32 Å². The second-order valence-corrected chi connectivity index (χ2v) is 9.64. The van der Waals surface area contributed by atoms with Gasteiger partial charge in [-0.05, 0) is 55.5 Å². The van der Waals surface area contributed by atoms with Gasteiger partial charge in [0.1, 0.15) is 6.54 Å². The first-order valence-corrected chi connectivity index (χ1v) is 11.7. The van der Waals surface area contributed by atoms with Gasteiger partial charge in [0, 0.05) is 11.4 Å². The van der Waals surface area contributed by atoms with Crippen LogP contribution in [0.3, 0.4) is 0 Å². The number of aryl methyl sites for hydroxylation is 1. The van der Waals surface area contributed by atoms with Crippen LogP contribution in [-0.2, 0) is 21.4 Å². The highest BCUT2D eigenvalue weighted by atomic mass is 32.2. The zero-order chi connectivity index (χ0) is 22.0. The van der Waals surface area contributed by atoms with Gasteiger partial charge in [-0.1, -0.05) is 41.2 Å². The fourth-order valence-electron chi connectivity index (χ4n) is 3.06. The van der Waals surface area contributed by atoms with Crippen LogP contribution in [0.15, 0.2) is 82.5 Å². The van der Waals surface area contributed by atoms with E-state index < -0.39 is 10.0 Å². The monoisotopic (exact) mass is 453 g/mol. The van der Waals surface area contributed by atoms with Crippen molar-refractivity contribution in [3.05, 3.63) is 88.0 Å². The molecule has 0 aliphatic carbocycles. The molecule has 1 amide bonds. The predicted octanol–water partition coefficient (Wildman–Crippen LogP) is 3.81. The third kappa shape index (κ3) is 4.68. The van der Waals surface area contributed by atoms with E-state index in [1.54, 1.807) is 18.2 Å². The summed E-state index contributed by atoms with van der Waals surface area (Å²) in [6, 6.07) is 20.1. The summed E-state index contributed by atoms with van der Waals surface area (Å²) in [5.41, 5.74) is 2.64.